The summed E-state index contributed by atoms with van der Waals surface area (Å²) in [6.07, 6.45) is 2.86. The zero-order valence-corrected chi connectivity index (χ0v) is 17.0. The van der Waals surface area contributed by atoms with Gasteiger partial charge in [0.1, 0.15) is 18.7 Å². The number of hydrogen-bond acceptors (Lipinski definition) is 6. The van der Waals surface area contributed by atoms with E-state index in [0.717, 1.165) is 0 Å². The highest BCUT2D eigenvalue weighted by molar-refractivity contribution is 6.04. The van der Waals surface area contributed by atoms with Gasteiger partial charge in [-0.15, -0.1) is 0 Å². The molecule has 0 saturated heterocycles. The average Bonchev–Trinajstić information content (AvgIpc) is 3.30. The van der Waals surface area contributed by atoms with Crippen LogP contribution in [-0.4, -0.2) is 40.3 Å². The van der Waals surface area contributed by atoms with Crippen molar-refractivity contribution in [1.29, 1.82) is 0 Å². The molecule has 1 aromatic heterocycles. The lowest BCUT2D eigenvalue weighted by molar-refractivity contribution is -0.119. The number of rotatable bonds is 8. The molecule has 30 heavy (non-hydrogen) atoms. The second kappa shape index (κ2) is 9.55. The highest BCUT2D eigenvalue weighted by Gasteiger charge is 2.16. The van der Waals surface area contributed by atoms with Crippen LogP contribution in [0, 0.1) is 0 Å². The van der Waals surface area contributed by atoms with Crippen LogP contribution in [-0.2, 0) is 4.79 Å². The molecule has 0 aliphatic heterocycles. The molecular formula is C21H23N5O4. The fraction of sp³-hybridized carbons (Fsp3) is 0.238. The smallest absolute Gasteiger partial charge is 0.255 e. The number of carbonyl (C=O) groups excluding carboxylic acids is 2. The summed E-state index contributed by atoms with van der Waals surface area (Å²) < 4.78 is 12.2. The summed E-state index contributed by atoms with van der Waals surface area (Å²) >= 11 is 0. The first kappa shape index (κ1) is 20.8. The third kappa shape index (κ3) is 4.93. The third-order valence-corrected chi connectivity index (χ3v) is 4.35. The minimum Gasteiger partial charge on any atom is -0.493 e. The number of ether oxygens (including phenoxy) is 2. The van der Waals surface area contributed by atoms with Crippen molar-refractivity contribution in [2.45, 2.75) is 19.9 Å². The molecule has 0 aliphatic carbocycles. The Labute approximate surface area is 174 Å². The summed E-state index contributed by atoms with van der Waals surface area (Å²) in [6, 6.07) is 11.3. The maximum absolute atomic E-state index is 12.5. The van der Waals surface area contributed by atoms with Crippen LogP contribution in [0.5, 0.6) is 11.5 Å². The Morgan fingerprint density at radius 1 is 1.07 bits per heavy atom. The number of hydrogen-bond donors (Lipinski definition) is 2. The van der Waals surface area contributed by atoms with Gasteiger partial charge in [-0.3, -0.25) is 9.59 Å². The van der Waals surface area contributed by atoms with E-state index in [-0.39, 0.29) is 11.8 Å². The first-order chi connectivity index (χ1) is 14.5. The lowest BCUT2D eigenvalue weighted by atomic mass is 10.1. The van der Waals surface area contributed by atoms with Crippen LogP contribution in [0.4, 0.5) is 11.4 Å². The Morgan fingerprint density at radius 3 is 2.37 bits per heavy atom. The summed E-state index contributed by atoms with van der Waals surface area (Å²) in [4.78, 5) is 28.7. The van der Waals surface area contributed by atoms with Crippen LogP contribution < -0.4 is 20.1 Å². The summed E-state index contributed by atoms with van der Waals surface area (Å²) in [5.74, 6) is 0.563. The van der Waals surface area contributed by atoms with Gasteiger partial charge in [-0.25, -0.2) is 9.67 Å². The van der Waals surface area contributed by atoms with Crippen molar-refractivity contribution in [3.63, 3.8) is 0 Å². The van der Waals surface area contributed by atoms with Crippen LogP contribution >= 0.6 is 0 Å². The van der Waals surface area contributed by atoms with Crippen molar-refractivity contribution in [2.75, 3.05) is 24.4 Å². The predicted octanol–water partition coefficient (Wildman–Crippen LogP) is 3.14. The molecule has 3 aromatic rings. The Hall–Kier alpha value is -3.88. The van der Waals surface area contributed by atoms with E-state index in [1.54, 1.807) is 49.4 Å². The molecule has 1 atom stereocenters. The lowest BCUT2D eigenvalue weighted by Crippen LogP contribution is -2.24. The number of nitrogens with zero attached hydrogens (tertiary/aromatic N) is 3. The molecule has 0 spiro atoms. The summed E-state index contributed by atoms with van der Waals surface area (Å²) in [5, 5.41) is 9.58. The molecular weight excluding hydrogens is 386 g/mol. The van der Waals surface area contributed by atoms with Crippen molar-refractivity contribution >= 4 is 23.2 Å². The van der Waals surface area contributed by atoms with Crippen LogP contribution in [0.15, 0.2) is 55.1 Å². The number of benzene rings is 2. The Morgan fingerprint density at radius 2 is 1.77 bits per heavy atom. The van der Waals surface area contributed by atoms with Gasteiger partial charge in [0.05, 0.1) is 13.7 Å². The standard InChI is InChI=1S/C21H23N5O4/c1-4-30-18-10-5-15(11-19(18)29-3)21(28)25-17-8-6-16(7-9-17)24-20(27)14(2)26-13-22-12-23-26/h5-14H,4H2,1-3H3,(H,24,27)(H,25,28). The van der Waals surface area contributed by atoms with E-state index in [9.17, 15) is 9.59 Å². The third-order valence-electron chi connectivity index (χ3n) is 4.35. The van der Waals surface area contributed by atoms with E-state index in [4.69, 9.17) is 9.47 Å². The molecule has 3 rings (SSSR count). The molecule has 0 radical (unpaired) electrons. The Balaban J connectivity index is 1.62. The topological polar surface area (TPSA) is 107 Å². The largest absolute Gasteiger partial charge is 0.493 e. The molecule has 2 amide bonds. The van der Waals surface area contributed by atoms with Crippen LogP contribution in [0.2, 0.25) is 0 Å². The van der Waals surface area contributed by atoms with Gasteiger partial charge in [-0.1, -0.05) is 0 Å². The fourth-order valence-electron chi connectivity index (χ4n) is 2.71. The van der Waals surface area contributed by atoms with Crippen LogP contribution in [0.1, 0.15) is 30.2 Å². The molecule has 0 bridgehead atoms. The Bertz CT molecular complexity index is 1000. The van der Waals surface area contributed by atoms with Crippen molar-refractivity contribution in [2.24, 2.45) is 0 Å². The Kier molecular flexibility index (Phi) is 6.63. The maximum Gasteiger partial charge on any atom is 0.255 e. The molecule has 0 aliphatic rings. The highest BCUT2D eigenvalue weighted by Crippen LogP contribution is 2.28. The molecule has 0 saturated carbocycles. The average molecular weight is 409 g/mol. The van der Waals surface area contributed by atoms with Gasteiger partial charge < -0.3 is 20.1 Å². The van der Waals surface area contributed by atoms with Crippen molar-refractivity contribution in [3.8, 4) is 11.5 Å². The lowest BCUT2D eigenvalue weighted by Gasteiger charge is -2.13. The van der Waals surface area contributed by atoms with Gasteiger partial charge in [0.15, 0.2) is 11.5 Å². The summed E-state index contributed by atoms with van der Waals surface area (Å²) in [7, 11) is 1.52. The quantitative estimate of drug-likeness (QED) is 0.592. The van der Waals surface area contributed by atoms with Gasteiger partial charge >= 0.3 is 0 Å². The second-order valence-corrected chi connectivity index (χ2v) is 6.37. The molecule has 0 fully saturated rings. The fourth-order valence-corrected chi connectivity index (χ4v) is 2.71. The van der Waals surface area contributed by atoms with Crippen molar-refractivity contribution in [3.05, 3.63) is 60.7 Å². The van der Waals surface area contributed by atoms with Crippen molar-refractivity contribution < 1.29 is 19.1 Å². The number of anilines is 2. The van der Waals surface area contributed by atoms with Crippen molar-refractivity contribution in [1.82, 2.24) is 14.8 Å². The first-order valence-corrected chi connectivity index (χ1v) is 9.39. The second-order valence-electron chi connectivity index (χ2n) is 6.37. The maximum atomic E-state index is 12.5. The minimum atomic E-state index is -0.499. The molecule has 9 nitrogen and oxygen atoms in total. The summed E-state index contributed by atoms with van der Waals surface area (Å²) in [5.41, 5.74) is 1.64. The molecule has 1 heterocycles. The van der Waals surface area contributed by atoms with Gasteiger partial charge in [-0.2, -0.15) is 5.10 Å². The van der Waals surface area contributed by atoms with E-state index in [0.29, 0.717) is 35.0 Å². The molecule has 9 heteroatoms. The monoisotopic (exact) mass is 409 g/mol. The van der Waals surface area contributed by atoms with Gasteiger partial charge in [0.25, 0.3) is 5.91 Å². The van der Waals surface area contributed by atoms with E-state index in [1.165, 1.54) is 24.4 Å². The van der Waals surface area contributed by atoms with Gasteiger partial charge in [-0.05, 0) is 56.3 Å². The predicted molar refractivity (Wildman–Crippen MR) is 112 cm³/mol. The normalized spacial score (nSPS) is 11.4. The number of carbonyl (C=O) groups is 2. The van der Waals surface area contributed by atoms with E-state index < -0.39 is 6.04 Å². The molecule has 2 N–H and O–H groups in total. The highest BCUT2D eigenvalue weighted by atomic mass is 16.5. The molecule has 2 aromatic carbocycles. The molecule has 1 unspecified atom stereocenters. The van der Waals surface area contributed by atoms with Gasteiger partial charge in [0.2, 0.25) is 5.91 Å². The van der Waals surface area contributed by atoms with Crippen LogP contribution in [0.25, 0.3) is 0 Å². The van der Waals surface area contributed by atoms with E-state index in [2.05, 4.69) is 20.7 Å². The van der Waals surface area contributed by atoms with Crippen LogP contribution in [0.3, 0.4) is 0 Å². The van der Waals surface area contributed by atoms with E-state index >= 15 is 0 Å². The number of amides is 2. The zero-order valence-electron chi connectivity index (χ0n) is 17.0. The van der Waals surface area contributed by atoms with Gasteiger partial charge in [0, 0.05) is 16.9 Å². The number of nitrogens with one attached hydrogen (secondary N) is 2. The SMILES string of the molecule is CCOc1ccc(C(=O)Nc2ccc(NC(=O)C(C)n3cncn3)cc2)cc1OC. The summed E-state index contributed by atoms with van der Waals surface area (Å²) in [6.45, 7) is 4.10. The number of methoxy groups -OCH3 is 1. The first-order valence-electron chi connectivity index (χ1n) is 9.39. The number of aromatic nitrogens is 3. The van der Waals surface area contributed by atoms with E-state index in [1.807, 2.05) is 6.92 Å². The molecule has 156 valence electrons. The zero-order chi connectivity index (χ0) is 21.5. The minimum absolute atomic E-state index is 0.223.